The molecule has 40 heavy (non-hydrogen) atoms. The highest BCUT2D eigenvalue weighted by Gasteiger charge is 2.39. The molecule has 0 saturated carbocycles. The normalized spacial score (nSPS) is 14.2. The Morgan fingerprint density at radius 2 is 1.12 bits per heavy atom. The lowest BCUT2D eigenvalue weighted by Crippen LogP contribution is -2.32. The summed E-state index contributed by atoms with van der Waals surface area (Å²) in [4.78, 5) is 35.1. The number of nitrogens with zero attached hydrogens (tertiary/aromatic N) is 3. The summed E-state index contributed by atoms with van der Waals surface area (Å²) < 4.78 is 0. The van der Waals surface area contributed by atoms with Gasteiger partial charge in [-0.2, -0.15) is 0 Å². The van der Waals surface area contributed by atoms with Crippen molar-refractivity contribution in [2.24, 2.45) is 0 Å². The smallest absolute Gasteiger partial charge is 0.262 e. The number of benzene rings is 3. The number of para-hydroxylation sites is 2. The van der Waals surface area contributed by atoms with Crippen molar-refractivity contribution in [1.82, 2.24) is 14.9 Å². The lowest BCUT2D eigenvalue weighted by molar-refractivity contribution is 0.0595. The van der Waals surface area contributed by atoms with Gasteiger partial charge in [-0.25, -0.2) is 9.97 Å². The van der Waals surface area contributed by atoms with Crippen molar-refractivity contribution in [2.45, 2.75) is 26.0 Å². The molecule has 0 aliphatic carbocycles. The van der Waals surface area contributed by atoms with E-state index in [2.05, 4.69) is 9.97 Å². The zero-order valence-corrected chi connectivity index (χ0v) is 24.2. The van der Waals surface area contributed by atoms with E-state index in [-0.39, 0.29) is 17.0 Å². The van der Waals surface area contributed by atoms with E-state index in [1.807, 2.05) is 30.3 Å². The van der Waals surface area contributed by atoms with Gasteiger partial charge in [-0.05, 0) is 50.2 Å². The first-order chi connectivity index (χ1) is 19.1. The van der Waals surface area contributed by atoms with Crippen LogP contribution in [0.15, 0.2) is 72.8 Å². The highest BCUT2D eigenvalue weighted by molar-refractivity contribution is 6.36. The number of aliphatic hydroxyl groups excluding tert-OH is 1. The zero-order valence-electron chi connectivity index (χ0n) is 21.2. The molecule has 0 spiro atoms. The molecule has 1 N–H and O–H groups in total. The third-order valence-electron chi connectivity index (χ3n) is 6.67. The lowest BCUT2D eigenvalue weighted by Gasteiger charge is -2.23. The maximum atomic E-state index is 12.7. The summed E-state index contributed by atoms with van der Waals surface area (Å²) >= 11 is 24.4. The summed E-state index contributed by atoms with van der Waals surface area (Å²) in [5, 5.41) is 12.7. The quantitative estimate of drug-likeness (QED) is 0.163. The van der Waals surface area contributed by atoms with Crippen LogP contribution in [0, 0.1) is 0 Å². The van der Waals surface area contributed by atoms with Crippen LogP contribution in [0.3, 0.4) is 0 Å². The second kappa shape index (κ2) is 11.3. The lowest BCUT2D eigenvalue weighted by atomic mass is 10.1. The van der Waals surface area contributed by atoms with Gasteiger partial charge in [0.2, 0.25) is 0 Å². The van der Waals surface area contributed by atoms with Crippen molar-refractivity contribution in [3.8, 4) is 0 Å². The average molecular weight is 613 g/mol. The Bertz CT molecular complexity index is 1770. The van der Waals surface area contributed by atoms with E-state index < -0.39 is 12.1 Å². The Morgan fingerprint density at radius 1 is 0.675 bits per heavy atom. The molecule has 6 nitrogen and oxygen atoms in total. The highest BCUT2D eigenvalue weighted by atomic mass is 35.5. The number of imide groups is 1. The van der Waals surface area contributed by atoms with Gasteiger partial charge in [0.1, 0.15) is 10.3 Å². The van der Waals surface area contributed by atoms with Crippen LogP contribution in [-0.4, -0.2) is 31.8 Å². The van der Waals surface area contributed by atoms with Gasteiger partial charge in [0.05, 0.1) is 44.4 Å². The van der Waals surface area contributed by atoms with Crippen LogP contribution < -0.4 is 0 Å². The van der Waals surface area contributed by atoms with Crippen LogP contribution in [0.25, 0.3) is 21.8 Å². The van der Waals surface area contributed by atoms with E-state index in [0.717, 1.165) is 10.8 Å². The molecule has 2 atom stereocenters. The van der Waals surface area contributed by atoms with Gasteiger partial charge in [-0.3, -0.25) is 14.5 Å². The molecular weight excluding hydrogens is 592 g/mol. The number of hydrogen-bond donors (Lipinski definition) is 1. The highest BCUT2D eigenvalue weighted by Crippen LogP contribution is 2.36. The third-order valence-corrected chi connectivity index (χ3v) is 7.88. The summed E-state index contributed by atoms with van der Waals surface area (Å²) in [6.45, 7) is 3.42. The van der Waals surface area contributed by atoms with Crippen molar-refractivity contribution in [2.75, 3.05) is 0 Å². The van der Waals surface area contributed by atoms with Gasteiger partial charge in [0.15, 0.2) is 0 Å². The number of aromatic nitrogens is 2. The summed E-state index contributed by atoms with van der Waals surface area (Å²) in [7, 11) is 0. The van der Waals surface area contributed by atoms with Gasteiger partial charge in [0, 0.05) is 21.9 Å². The number of carbonyl (C=O) groups is 2. The Kier molecular flexibility index (Phi) is 8.00. The minimum atomic E-state index is -0.631. The number of carbonyl (C=O) groups excluding carboxylic acids is 2. The number of amides is 2. The van der Waals surface area contributed by atoms with Gasteiger partial charge < -0.3 is 5.11 Å². The van der Waals surface area contributed by atoms with E-state index in [1.54, 1.807) is 56.3 Å². The Labute approximate surface area is 250 Å². The second-order valence-corrected chi connectivity index (χ2v) is 10.8. The fourth-order valence-corrected chi connectivity index (χ4v) is 5.64. The Balaban J connectivity index is 0.000000184. The number of halogens is 4. The fourth-order valence-electron chi connectivity index (χ4n) is 4.60. The first-order valence-electron chi connectivity index (χ1n) is 12.2. The van der Waals surface area contributed by atoms with Crippen molar-refractivity contribution >= 4 is 80.0 Å². The molecule has 0 fully saturated rings. The Morgan fingerprint density at radius 3 is 1.60 bits per heavy atom. The van der Waals surface area contributed by atoms with Gasteiger partial charge in [0.25, 0.3) is 11.8 Å². The van der Waals surface area contributed by atoms with Crippen LogP contribution in [0.1, 0.15) is 57.8 Å². The van der Waals surface area contributed by atoms with Crippen LogP contribution in [-0.2, 0) is 0 Å². The number of hydrogen-bond acceptors (Lipinski definition) is 5. The minimum absolute atomic E-state index is 0.227. The topological polar surface area (TPSA) is 83.4 Å². The van der Waals surface area contributed by atoms with Crippen molar-refractivity contribution in [3.05, 3.63) is 115 Å². The molecule has 3 heterocycles. The largest absolute Gasteiger partial charge is 0.389 e. The number of pyridine rings is 2. The van der Waals surface area contributed by atoms with Crippen molar-refractivity contribution < 1.29 is 14.7 Å². The molecule has 1 aliphatic heterocycles. The van der Waals surface area contributed by atoms with Crippen LogP contribution in [0.4, 0.5) is 0 Å². The molecule has 0 radical (unpaired) electrons. The molecule has 2 aromatic heterocycles. The van der Waals surface area contributed by atoms with E-state index in [9.17, 15) is 14.7 Å². The average Bonchev–Trinajstić information content (AvgIpc) is 3.18. The number of rotatable bonds is 3. The third kappa shape index (κ3) is 5.14. The summed E-state index contributed by atoms with van der Waals surface area (Å²) in [5.74, 6) is -0.647. The molecule has 2 amide bonds. The number of aliphatic hydroxyl groups is 1. The summed E-state index contributed by atoms with van der Waals surface area (Å²) in [6, 6.07) is 20.8. The van der Waals surface area contributed by atoms with Crippen molar-refractivity contribution in [1.29, 1.82) is 0 Å². The fraction of sp³-hybridized carbons (Fsp3) is 0.133. The molecule has 10 heteroatoms. The molecule has 0 saturated heterocycles. The monoisotopic (exact) mass is 611 g/mol. The second-order valence-electron chi connectivity index (χ2n) is 9.24. The molecular formula is C30H21Cl4N3O3. The van der Waals surface area contributed by atoms with Gasteiger partial charge in [-0.1, -0.05) is 82.8 Å². The predicted molar refractivity (Wildman–Crippen MR) is 160 cm³/mol. The molecule has 0 bridgehead atoms. The SMILES string of the molecule is C[C@@H](O)c1cc2cccc(Cl)c2nc1Cl.C[C@@H](c1cc2cccc(Cl)c2nc1Cl)N1C(=O)c2ccccc2C1=O. The van der Waals surface area contributed by atoms with E-state index in [1.165, 1.54) is 4.90 Å². The minimum Gasteiger partial charge on any atom is -0.389 e. The van der Waals surface area contributed by atoms with Crippen LogP contribution in [0.2, 0.25) is 20.4 Å². The maximum Gasteiger partial charge on any atom is 0.262 e. The molecule has 1 aliphatic rings. The maximum absolute atomic E-state index is 12.7. The Hall–Kier alpha value is -3.26. The van der Waals surface area contributed by atoms with E-state index in [4.69, 9.17) is 46.4 Å². The first-order valence-corrected chi connectivity index (χ1v) is 13.7. The zero-order chi connectivity index (χ0) is 28.7. The van der Waals surface area contributed by atoms with E-state index >= 15 is 0 Å². The van der Waals surface area contributed by atoms with E-state index in [0.29, 0.717) is 48.5 Å². The summed E-state index contributed by atoms with van der Waals surface area (Å²) in [5.41, 5.74) is 3.29. The predicted octanol–water partition coefficient (Wildman–Crippen LogP) is 8.49. The molecule has 6 rings (SSSR count). The molecule has 3 aromatic carbocycles. The summed E-state index contributed by atoms with van der Waals surface area (Å²) in [6.07, 6.45) is -0.631. The first kappa shape index (κ1) is 28.3. The molecule has 5 aromatic rings. The number of fused-ring (bicyclic) bond motifs is 3. The van der Waals surface area contributed by atoms with Gasteiger partial charge >= 0.3 is 0 Å². The van der Waals surface area contributed by atoms with Crippen LogP contribution in [0.5, 0.6) is 0 Å². The molecule has 202 valence electrons. The van der Waals surface area contributed by atoms with Crippen molar-refractivity contribution in [3.63, 3.8) is 0 Å². The van der Waals surface area contributed by atoms with Crippen LogP contribution >= 0.6 is 46.4 Å². The molecule has 0 unspecified atom stereocenters. The standard InChI is InChI=1S/C19H12Cl2N2O2.C11H9Cl2NO/c1-10(23-18(24)12-6-2-3-7-13(12)19(23)25)14-9-11-5-4-8-15(20)16(11)22-17(14)21;1-6(15)8-5-7-3-2-4-9(12)10(7)14-11(8)13/h2-10H,1H3;2-6,15H,1H3/t10-;6-/m01/s1. The van der Waals surface area contributed by atoms with Gasteiger partial charge in [-0.15, -0.1) is 0 Å².